The van der Waals surface area contributed by atoms with E-state index >= 15 is 0 Å². The third-order valence-electron chi connectivity index (χ3n) is 5.01. The van der Waals surface area contributed by atoms with Crippen molar-refractivity contribution in [3.05, 3.63) is 102 Å². The van der Waals surface area contributed by atoms with Gasteiger partial charge in [-0.1, -0.05) is 78.9 Å². The first-order valence-electron chi connectivity index (χ1n) is 9.72. The molecule has 0 radical (unpaired) electrons. The van der Waals surface area contributed by atoms with E-state index in [2.05, 4.69) is 29.6 Å². The zero-order valence-corrected chi connectivity index (χ0v) is 16.3. The highest BCUT2D eigenvalue weighted by Crippen LogP contribution is 2.34. The van der Waals surface area contributed by atoms with E-state index < -0.39 is 5.41 Å². The summed E-state index contributed by atoms with van der Waals surface area (Å²) in [5.74, 6) is 0.407. The smallest absolute Gasteiger partial charge is 0.318 e. The van der Waals surface area contributed by atoms with Gasteiger partial charge in [-0.15, -0.1) is 0 Å². The Balaban J connectivity index is 1.96. The van der Waals surface area contributed by atoms with Crippen LogP contribution in [0.2, 0.25) is 0 Å². The molecule has 0 bridgehead atoms. The van der Waals surface area contributed by atoms with Gasteiger partial charge in [-0.25, -0.2) is 0 Å². The van der Waals surface area contributed by atoms with Crippen LogP contribution in [0.3, 0.4) is 0 Å². The molecule has 0 aromatic heterocycles. The molecule has 3 aromatic rings. The SMILES string of the molecule is CNCCC(Cc1ccccc1)(Cc1ccccc1)C(=O)Oc1ccccc1. The number of nitrogens with one attached hydrogen (secondary N) is 1. The van der Waals surface area contributed by atoms with Crippen LogP contribution in [0.4, 0.5) is 0 Å². The molecular formula is C25H27NO2. The van der Waals surface area contributed by atoms with Crippen molar-refractivity contribution in [2.45, 2.75) is 19.3 Å². The first-order valence-corrected chi connectivity index (χ1v) is 9.72. The van der Waals surface area contributed by atoms with Gasteiger partial charge >= 0.3 is 5.97 Å². The van der Waals surface area contributed by atoms with Crippen LogP contribution in [-0.2, 0) is 17.6 Å². The summed E-state index contributed by atoms with van der Waals surface area (Å²) in [6, 6.07) is 29.7. The first-order chi connectivity index (χ1) is 13.7. The summed E-state index contributed by atoms with van der Waals surface area (Å²) in [5, 5.41) is 3.21. The van der Waals surface area contributed by atoms with Gasteiger partial charge in [-0.05, 0) is 56.1 Å². The lowest BCUT2D eigenvalue weighted by Crippen LogP contribution is -2.41. The lowest BCUT2D eigenvalue weighted by molar-refractivity contribution is -0.146. The lowest BCUT2D eigenvalue weighted by Gasteiger charge is -2.32. The van der Waals surface area contributed by atoms with Gasteiger partial charge < -0.3 is 10.1 Å². The van der Waals surface area contributed by atoms with E-state index in [1.807, 2.05) is 73.8 Å². The molecule has 3 nitrogen and oxygen atoms in total. The molecule has 3 aromatic carbocycles. The summed E-state index contributed by atoms with van der Waals surface area (Å²) >= 11 is 0. The fourth-order valence-electron chi connectivity index (χ4n) is 3.53. The minimum absolute atomic E-state index is 0.179. The van der Waals surface area contributed by atoms with Crippen LogP contribution in [0.1, 0.15) is 17.5 Å². The predicted molar refractivity (Wildman–Crippen MR) is 113 cm³/mol. The van der Waals surface area contributed by atoms with Crippen molar-refractivity contribution in [1.82, 2.24) is 5.32 Å². The minimum Gasteiger partial charge on any atom is -0.426 e. The second kappa shape index (κ2) is 9.86. The number of rotatable bonds is 9. The molecule has 0 saturated heterocycles. The van der Waals surface area contributed by atoms with E-state index in [1.165, 1.54) is 0 Å². The molecule has 0 aliphatic rings. The van der Waals surface area contributed by atoms with Crippen LogP contribution >= 0.6 is 0 Å². The number of hydrogen-bond donors (Lipinski definition) is 1. The van der Waals surface area contributed by atoms with Crippen molar-refractivity contribution in [3.8, 4) is 5.75 Å². The Labute approximate surface area is 167 Å². The number of carbonyl (C=O) groups is 1. The Morgan fingerprint density at radius 3 is 1.71 bits per heavy atom. The highest BCUT2D eigenvalue weighted by molar-refractivity contribution is 5.80. The van der Waals surface area contributed by atoms with E-state index in [0.717, 1.165) is 17.7 Å². The predicted octanol–water partition coefficient (Wildman–Crippen LogP) is 4.67. The Morgan fingerprint density at radius 1 is 0.786 bits per heavy atom. The van der Waals surface area contributed by atoms with Gasteiger partial charge in [0.2, 0.25) is 0 Å². The van der Waals surface area contributed by atoms with Crippen molar-refractivity contribution in [3.63, 3.8) is 0 Å². The van der Waals surface area contributed by atoms with Gasteiger partial charge in [-0.3, -0.25) is 4.79 Å². The number of ether oxygens (including phenoxy) is 1. The van der Waals surface area contributed by atoms with Gasteiger partial charge in [-0.2, -0.15) is 0 Å². The lowest BCUT2D eigenvalue weighted by atomic mass is 9.74. The van der Waals surface area contributed by atoms with E-state index in [4.69, 9.17) is 4.74 Å². The van der Waals surface area contributed by atoms with Crippen molar-refractivity contribution in [2.75, 3.05) is 13.6 Å². The molecule has 3 heteroatoms. The van der Waals surface area contributed by atoms with Crippen molar-refractivity contribution in [2.24, 2.45) is 5.41 Å². The van der Waals surface area contributed by atoms with Gasteiger partial charge in [0.15, 0.2) is 0 Å². The van der Waals surface area contributed by atoms with Crippen molar-refractivity contribution >= 4 is 5.97 Å². The zero-order valence-electron chi connectivity index (χ0n) is 16.3. The van der Waals surface area contributed by atoms with Gasteiger partial charge in [0, 0.05) is 0 Å². The fraction of sp³-hybridized carbons (Fsp3) is 0.240. The summed E-state index contributed by atoms with van der Waals surface area (Å²) in [7, 11) is 1.92. The Bertz CT molecular complexity index is 806. The minimum atomic E-state index is -0.651. The molecule has 0 aliphatic heterocycles. The van der Waals surface area contributed by atoms with Crippen LogP contribution in [0, 0.1) is 5.41 Å². The summed E-state index contributed by atoms with van der Waals surface area (Å²) in [6.45, 7) is 0.740. The number of esters is 1. The monoisotopic (exact) mass is 373 g/mol. The van der Waals surface area contributed by atoms with Gasteiger partial charge in [0.1, 0.15) is 5.75 Å². The third-order valence-corrected chi connectivity index (χ3v) is 5.01. The number of carbonyl (C=O) groups excluding carboxylic acids is 1. The molecule has 144 valence electrons. The normalized spacial score (nSPS) is 11.2. The summed E-state index contributed by atoms with van der Waals surface area (Å²) in [4.78, 5) is 13.5. The maximum absolute atomic E-state index is 13.5. The average Bonchev–Trinajstić information content (AvgIpc) is 2.74. The second-order valence-corrected chi connectivity index (χ2v) is 7.16. The first kappa shape index (κ1) is 19.8. The molecule has 28 heavy (non-hydrogen) atoms. The van der Waals surface area contributed by atoms with Gasteiger partial charge in [0.05, 0.1) is 5.41 Å². The van der Waals surface area contributed by atoms with Crippen LogP contribution in [0.15, 0.2) is 91.0 Å². The van der Waals surface area contributed by atoms with Crippen LogP contribution < -0.4 is 10.1 Å². The number of para-hydroxylation sites is 1. The molecule has 3 rings (SSSR count). The maximum atomic E-state index is 13.5. The molecule has 0 amide bonds. The molecular weight excluding hydrogens is 346 g/mol. The number of benzene rings is 3. The second-order valence-electron chi connectivity index (χ2n) is 7.16. The van der Waals surface area contributed by atoms with Gasteiger partial charge in [0.25, 0.3) is 0 Å². The third kappa shape index (κ3) is 5.30. The van der Waals surface area contributed by atoms with E-state index in [-0.39, 0.29) is 5.97 Å². The Hall–Kier alpha value is -2.91. The zero-order chi connectivity index (χ0) is 19.7. The molecule has 0 atom stereocenters. The van der Waals surface area contributed by atoms with E-state index in [1.54, 1.807) is 0 Å². The molecule has 0 heterocycles. The quantitative estimate of drug-likeness (QED) is 0.437. The number of hydrogen-bond acceptors (Lipinski definition) is 3. The van der Waals surface area contributed by atoms with Crippen LogP contribution in [0.25, 0.3) is 0 Å². The largest absolute Gasteiger partial charge is 0.426 e. The van der Waals surface area contributed by atoms with E-state index in [0.29, 0.717) is 25.0 Å². The Morgan fingerprint density at radius 2 is 1.25 bits per heavy atom. The molecule has 0 saturated carbocycles. The van der Waals surface area contributed by atoms with Crippen LogP contribution in [0.5, 0.6) is 5.75 Å². The highest BCUT2D eigenvalue weighted by atomic mass is 16.5. The molecule has 0 fully saturated rings. The summed E-state index contributed by atoms with van der Waals surface area (Å²) < 4.78 is 5.85. The standard InChI is InChI=1S/C25H27NO2/c1-26-18-17-25(19-21-11-5-2-6-12-21,20-22-13-7-3-8-14-22)24(27)28-23-15-9-4-10-16-23/h2-16,26H,17-20H2,1H3. The topological polar surface area (TPSA) is 38.3 Å². The summed E-state index contributed by atoms with van der Waals surface area (Å²) in [5.41, 5.74) is 1.63. The highest BCUT2D eigenvalue weighted by Gasteiger charge is 2.40. The molecule has 0 unspecified atom stereocenters. The molecule has 0 aliphatic carbocycles. The van der Waals surface area contributed by atoms with Crippen molar-refractivity contribution < 1.29 is 9.53 Å². The molecule has 1 N–H and O–H groups in total. The Kier molecular flexibility index (Phi) is 6.99. The fourth-order valence-corrected chi connectivity index (χ4v) is 3.53. The molecule has 0 spiro atoms. The van der Waals surface area contributed by atoms with Crippen molar-refractivity contribution in [1.29, 1.82) is 0 Å². The average molecular weight is 373 g/mol. The maximum Gasteiger partial charge on any atom is 0.318 e. The summed E-state index contributed by atoms with van der Waals surface area (Å²) in [6.07, 6.45) is 1.96. The van der Waals surface area contributed by atoms with Crippen LogP contribution in [-0.4, -0.2) is 19.6 Å². The van der Waals surface area contributed by atoms with E-state index in [9.17, 15) is 4.79 Å².